The molecule has 0 aliphatic carbocycles. The fourth-order valence-electron chi connectivity index (χ4n) is 2.26. The second-order valence-corrected chi connectivity index (χ2v) is 5.72. The van der Waals surface area contributed by atoms with Crippen LogP contribution < -0.4 is 16.4 Å². The maximum Gasteiger partial charge on any atom is 0.348 e. The third kappa shape index (κ3) is 3.39. The SMILES string of the molecule is CCOC(=O)CCN(C(N)=O)n1c(=O)n(C)c2cc(Br)ccc21. The number of nitrogens with two attached hydrogens (primary N) is 1. The normalized spacial score (nSPS) is 10.7. The maximum atomic E-state index is 12.5. The van der Waals surface area contributed by atoms with Crippen molar-refractivity contribution >= 4 is 39.0 Å². The van der Waals surface area contributed by atoms with E-state index in [9.17, 15) is 14.4 Å². The smallest absolute Gasteiger partial charge is 0.348 e. The van der Waals surface area contributed by atoms with Gasteiger partial charge < -0.3 is 10.5 Å². The predicted octanol–water partition coefficient (Wildman–Crippen LogP) is 1.07. The van der Waals surface area contributed by atoms with Crippen LogP contribution in [0, 0.1) is 0 Å². The van der Waals surface area contributed by atoms with Crippen LogP contribution in [-0.4, -0.2) is 34.4 Å². The molecule has 9 heteroatoms. The number of aryl methyl sites for hydroxylation is 1. The van der Waals surface area contributed by atoms with E-state index < -0.39 is 17.7 Å². The zero-order valence-electron chi connectivity index (χ0n) is 12.8. The van der Waals surface area contributed by atoms with Crippen LogP contribution >= 0.6 is 15.9 Å². The lowest BCUT2D eigenvalue weighted by Gasteiger charge is -2.20. The summed E-state index contributed by atoms with van der Waals surface area (Å²) in [4.78, 5) is 35.7. The first-order valence-corrected chi connectivity index (χ1v) is 7.76. The standard InChI is InChI=1S/C14H17BrN4O4/c1-3-23-12(20)6-7-18(13(16)21)19-10-5-4-9(15)8-11(10)17(2)14(19)22/h4-5,8H,3,6-7H2,1-2H3,(H2,16,21). The average Bonchev–Trinajstić information content (AvgIpc) is 2.72. The van der Waals surface area contributed by atoms with Gasteiger partial charge in [0.2, 0.25) is 0 Å². The molecule has 2 amide bonds. The van der Waals surface area contributed by atoms with Crippen molar-refractivity contribution in [3.05, 3.63) is 33.2 Å². The van der Waals surface area contributed by atoms with Crippen LogP contribution in [0.15, 0.2) is 27.5 Å². The van der Waals surface area contributed by atoms with Gasteiger partial charge in [0, 0.05) is 11.5 Å². The van der Waals surface area contributed by atoms with Crippen LogP contribution in [0.4, 0.5) is 4.79 Å². The summed E-state index contributed by atoms with van der Waals surface area (Å²) in [6, 6.07) is 4.38. The van der Waals surface area contributed by atoms with Gasteiger partial charge in [-0.05, 0) is 25.1 Å². The monoisotopic (exact) mass is 384 g/mol. The van der Waals surface area contributed by atoms with Gasteiger partial charge in [-0.1, -0.05) is 15.9 Å². The molecule has 0 aliphatic heterocycles. The number of amides is 2. The van der Waals surface area contributed by atoms with E-state index >= 15 is 0 Å². The number of aromatic nitrogens is 2. The van der Waals surface area contributed by atoms with Crippen molar-refractivity contribution in [3.63, 3.8) is 0 Å². The minimum atomic E-state index is -0.827. The highest BCUT2D eigenvalue weighted by Crippen LogP contribution is 2.19. The number of nitrogens with zero attached hydrogens (tertiary/aromatic N) is 3. The Morgan fingerprint density at radius 3 is 2.65 bits per heavy atom. The van der Waals surface area contributed by atoms with Crippen molar-refractivity contribution in [1.29, 1.82) is 0 Å². The van der Waals surface area contributed by atoms with Crippen LogP contribution in [0.3, 0.4) is 0 Å². The molecule has 0 aliphatic rings. The van der Waals surface area contributed by atoms with Crippen LogP contribution in [0.2, 0.25) is 0 Å². The molecule has 0 radical (unpaired) electrons. The number of rotatable bonds is 5. The Balaban J connectivity index is 2.46. The molecular formula is C14H17BrN4O4. The number of hydrogen-bond acceptors (Lipinski definition) is 4. The lowest BCUT2D eigenvalue weighted by molar-refractivity contribution is -0.142. The lowest BCUT2D eigenvalue weighted by atomic mass is 10.3. The largest absolute Gasteiger partial charge is 0.466 e. The average molecular weight is 385 g/mol. The van der Waals surface area contributed by atoms with E-state index in [4.69, 9.17) is 10.5 Å². The first-order chi connectivity index (χ1) is 10.9. The highest BCUT2D eigenvalue weighted by Gasteiger charge is 2.21. The zero-order valence-corrected chi connectivity index (χ0v) is 14.4. The number of ether oxygens (including phenoxy) is 1. The molecule has 8 nitrogen and oxygen atoms in total. The first-order valence-electron chi connectivity index (χ1n) is 6.96. The Labute approximate surface area is 140 Å². The van der Waals surface area contributed by atoms with Crippen LogP contribution in [0.5, 0.6) is 0 Å². The van der Waals surface area contributed by atoms with Gasteiger partial charge in [-0.3, -0.25) is 9.36 Å². The molecule has 2 aromatic rings. The number of urea groups is 1. The molecule has 0 fully saturated rings. The van der Waals surface area contributed by atoms with Gasteiger partial charge in [-0.2, -0.15) is 4.68 Å². The van der Waals surface area contributed by atoms with Crippen LogP contribution in [0.1, 0.15) is 13.3 Å². The summed E-state index contributed by atoms with van der Waals surface area (Å²) in [6.07, 6.45) is -0.0594. The maximum absolute atomic E-state index is 12.5. The molecule has 2 N–H and O–H groups in total. The van der Waals surface area contributed by atoms with Gasteiger partial charge in [0.15, 0.2) is 0 Å². The Hall–Kier alpha value is -2.29. The third-order valence-corrected chi connectivity index (χ3v) is 3.82. The molecule has 23 heavy (non-hydrogen) atoms. The van der Waals surface area contributed by atoms with Gasteiger partial charge in [0.1, 0.15) is 0 Å². The van der Waals surface area contributed by atoms with Crippen LogP contribution in [-0.2, 0) is 16.6 Å². The predicted molar refractivity (Wildman–Crippen MR) is 88.8 cm³/mol. The molecule has 0 atom stereocenters. The van der Waals surface area contributed by atoms with Crippen molar-refractivity contribution < 1.29 is 14.3 Å². The van der Waals surface area contributed by atoms with E-state index in [0.717, 1.165) is 9.48 Å². The van der Waals surface area contributed by atoms with Gasteiger partial charge in [0.25, 0.3) is 0 Å². The molecule has 124 valence electrons. The van der Waals surface area contributed by atoms with E-state index in [1.54, 1.807) is 32.2 Å². The van der Waals surface area contributed by atoms with E-state index in [1.165, 1.54) is 9.24 Å². The third-order valence-electron chi connectivity index (χ3n) is 3.32. The Morgan fingerprint density at radius 2 is 2.04 bits per heavy atom. The second-order valence-electron chi connectivity index (χ2n) is 4.80. The summed E-state index contributed by atoms with van der Waals surface area (Å²) >= 11 is 3.34. The highest BCUT2D eigenvalue weighted by molar-refractivity contribution is 9.10. The van der Waals surface area contributed by atoms with Gasteiger partial charge in [-0.25, -0.2) is 14.6 Å². The van der Waals surface area contributed by atoms with Crippen molar-refractivity contribution in [2.45, 2.75) is 13.3 Å². The van der Waals surface area contributed by atoms with E-state index in [2.05, 4.69) is 15.9 Å². The van der Waals surface area contributed by atoms with Crippen molar-refractivity contribution in [2.75, 3.05) is 18.2 Å². The highest BCUT2D eigenvalue weighted by atomic mass is 79.9. The van der Waals surface area contributed by atoms with Crippen molar-refractivity contribution in [3.8, 4) is 0 Å². The number of carbonyl (C=O) groups is 2. The molecule has 0 bridgehead atoms. The van der Waals surface area contributed by atoms with Crippen molar-refractivity contribution in [1.82, 2.24) is 9.24 Å². The second kappa shape index (κ2) is 6.86. The number of fused-ring (bicyclic) bond motifs is 1. The number of benzene rings is 1. The molecule has 0 saturated carbocycles. The van der Waals surface area contributed by atoms with Crippen molar-refractivity contribution in [2.24, 2.45) is 12.8 Å². The topological polar surface area (TPSA) is 99.6 Å². The van der Waals surface area contributed by atoms with E-state index in [0.29, 0.717) is 11.0 Å². The minimum Gasteiger partial charge on any atom is -0.466 e. The Kier molecular flexibility index (Phi) is 5.09. The molecular weight excluding hydrogens is 368 g/mol. The molecule has 1 aromatic heterocycles. The van der Waals surface area contributed by atoms with E-state index in [1.807, 2.05) is 0 Å². The minimum absolute atomic E-state index is 0.0523. The summed E-state index contributed by atoms with van der Waals surface area (Å²) < 4.78 is 8.20. The number of imidazole rings is 1. The number of esters is 1. The molecule has 2 rings (SSSR count). The summed E-state index contributed by atoms with van der Waals surface area (Å²) in [7, 11) is 1.60. The lowest BCUT2D eigenvalue weighted by Crippen LogP contribution is -2.50. The fraction of sp³-hybridized carbons (Fsp3) is 0.357. The number of hydrogen-bond donors (Lipinski definition) is 1. The number of carbonyl (C=O) groups excluding carboxylic acids is 2. The Bertz CT molecular complexity index is 811. The molecule has 0 saturated heterocycles. The van der Waals surface area contributed by atoms with Gasteiger partial charge >= 0.3 is 17.7 Å². The van der Waals surface area contributed by atoms with Gasteiger partial charge in [0.05, 0.1) is 30.6 Å². The quantitative estimate of drug-likeness (QED) is 0.779. The van der Waals surface area contributed by atoms with E-state index in [-0.39, 0.29) is 19.6 Å². The fourth-order valence-corrected chi connectivity index (χ4v) is 2.61. The van der Waals surface area contributed by atoms with Gasteiger partial charge in [-0.15, -0.1) is 0 Å². The first kappa shape index (κ1) is 17.1. The van der Waals surface area contributed by atoms with Crippen LogP contribution in [0.25, 0.3) is 11.0 Å². The molecule has 0 unspecified atom stereocenters. The Morgan fingerprint density at radius 1 is 1.35 bits per heavy atom. The molecule has 1 aromatic carbocycles. The zero-order chi connectivity index (χ0) is 17.1. The molecule has 0 spiro atoms. The number of halogens is 1. The summed E-state index contributed by atoms with van der Waals surface area (Å²) in [5.74, 6) is -0.463. The number of primary amides is 1. The molecule has 1 heterocycles. The summed E-state index contributed by atoms with van der Waals surface area (Å²) in [5, 5.41) is 1.04. The summed E-state index contributed by atoms with van der Waals surface area (Å²) in [5.41, 5.74) is 6.10. The summed E-state index contributed by atoms with van der Waals surface area (Å²) in [6.45, 7) is 1.89.